The van der Waals surface area contributed by atoms with Crippen molar-refractivity contribution in [1.82, 2.24) is 14.9 Å². The number of rotatable bonds is 3. The first-order valence-electron chi connectivity index (χ1n) is 7.44. The minimum atomic E-state index is -0.840. The van der Waals surface area contributed by atoms with Crippen molar-refractivity contribution in [2.24, 2.45) is 11.8 Å². The second-order valence-corrected chi connectivity index (χ2v) is 6.86. The van der Waals surface area contributed by atoms with Crippen LogP contribution in [0.5, 0.6) is 0 Å². The molecule has 0 bridgehead atoms. The lowest BCUT2D eigenvalue weighted by Gasteiger charge is -2.34. The number of pyridine rings is 1. The summed E-state index contributed by atoms with van der Waals surface area (Å²) in [5.74, 6) is -1.31. The summed E-state index contributed by atoms with van der Waals surface area (Å²) in [4.78, 5) is 34.5. The fourth-order valence-corrected chi connectivity index (χ4v) is 3.69. The molecule has 1 saturated heterocycles. The molecular formula is C16H17N3O3S. The van der Waals surface area contributed by atoms with E-state index in [1.54, 1.807) is 17.3 Å². The predicted molar refractivity (Wildman–Crippen MR) is 86.2 cm³/mol. The van der Waals surface area contributed by atoms with E-state index < -0.39 is 11.9 Å². The van der Waals surface area contributed by atoms with Gasteiger partial charge in [0.1, 0.15) is 9.88 Å². The zero-order valence-corrected chi connectivity index (χ0v) is 13.5. The molecule has 1 fully saturated rings. The highest BCUT2D eigenvalue weighted by Gasteiger charge is 2.32. The number of hydrogen-bond donors (Lipinski definition) is 1. The Morgan fingerprint density at radius 2 is 2.13 bits per heavy atom. The maximum absolute atomic E-state index is 12.6. The number of carbonyl (C=O) groups is 2. The number of piperidine rings is 1. The molecule has 0 radical (unpaired) electrons. The molecule has 23 heavy (non-hydrogen) atoms. The van der Waals surface area contributed by atoms with E-state index in [1.165, 1.54) is 11.3 Å². The summed E-state index contributed by atoms with van der Waals surface area (Å²) >= 11 is 1.29. The minimum Gasteiger partial charge on any atom is -0.481 e. The van der Waals surface area contributed by atoms with Crippen molar-refractivity contribution in [3.63, 3.8) is 0 Å². The van der Waals surface area contributed by atoms with E-state index in [-0.39, 0.29) is 18.4 Å². The van der Waals surface area contributed by atoms with Gasteiger partial charge in [-0.3, -0.25) is 14.6 Å². The molecule has 0 spiro atoms. The second kappa shape index (κ2) is 6.45. The molecule has 3 rings (SSSR count). The molecule has 2 unspecified atom stereocenters. The van der Waals surface area contributed by atoms with Crippen LogP contribution in [-0.2, 0) is 4.79 Å². The van der Waals surface area contributed by atoms with Gasteiger partial charge in [-0.2, -0.15) is 0 Å². The summed E-state index contributed by atoms with van der Waals surface area (Å²) < 4.78 is 0. The van der Waals surface area contributed by atoms with E-state index in [1.807, 2.05) is 25.1 Å². The summed E-state index contributed by atoms with van der Waals surface area (Å²) in [6.07, 6.45) is 3.84. The van der Waals surface area contributed by atoms with E-state index in [4.69, 9.17) is 0 Å². The third-order valence-corrected chi connectivity index (χ3v) is 4.90. The van der Waals surface area contributed by atoms with Crippen molar-refractivity contribution < 1.29 is 14.7 Å². The fraction of sp³-hybridized carbons (Fsp3) is 0.375. The van der Waals surface area contributed by atoms with Crippen molar-refractivity contribution in [3.8, 4) is 10.7 Å². The number of aromatic nitrogens is 2. The lowest BCUT2D eigenvalue weighted by molar-refractivity contribution is -0.143. The van der Waals surface area contributed by atoms with Gasteiger partial charge in [-0.25, -0.2) is 4.98 Å². The topological polar surface area (TPSA) is 83.4 Å². The van der Waals surface area contributed by atoms with E-state index in [9.17, 15) is 14.7 Å². The van der Waals surface area contributed by atoms with Gasteiger partial charge < -0.3 is 10.0 Å². The number of carboxylic acids is 1. The molecule has 1 N–H and O–H groups in total. The number of carbonyl (C=O) groups excluding carboxylic acids is 1. The first kappa shape index (κ1) is 15.6. The normalized spacial score (nSPS) is 21.2. The number of hydrogen-bond acceptors (Lipinski definition) is 5. The Morgan fingerprint density at radius 3 is 2.83 bits per heavy atom. The highest BCUT2D eigenvalue weighted by atomic mass is 32.1. The summed E-state index contributed by atoms with van der Waals surface area (Å²) in [6, 6.07) is 5.54. The van der Waals surface area contributed by atoms with Crippen molar-refractivity contribution in [1.29, 1.82) is 0 Å². The molecule has 2 atom stereocenters. The van der Waals surface area contributed by atoms with Crippen LogP contribution in [0.15, 0.2) is 30.6 Å². The molecule has 0 saturated carbocycles. The average molecular weight is 331 g/mol. The van der Waals surface area contributed by atoms with Gasteiger partial charge in [0.05, 0.1) is 17.8 Å². The smallest absolute Gasteiger partial charge is 0.308 e. The van der Waals surface area contributed by atoms with Gasteiger partial charge in [0.15, 0.2) is 0 Å². The molecule has 1 amide bonds. The zero-order valence-electron chi connectivity index (χ0n) is 12.7. The molecule has 3 heterocycles. The van der Waals surface area contributed by atoms with Crippen LogP contribution in [-0.4, -0.2) is 44.9 Å². The van der Waals surface area contributed by atoms with Crippen LogP contribution in [0.4, 0.5) is 0 Å². The van der Waals surface area contributed by atoms with Gasteiger partial charge in [-0.1, -0.05) is 13.0 Å². The third-order valence-electron chi connectivity index (χ3n) is 3.90. The molecule has 0 aliphatic carbocycles. The fourth-order valence-electron chi connectivity index (χ4n) is 2.83. The van der Waals surface area contributed by atoms with Crippen molar-refractivity contribution >= 4 is 23.2 Å². The van der Waals surface area contributed by atoms with Crippen LogP contribution < -0.4 is 0 Å². The number of amides is 1. The standard InChI is InChI=1S/C16H17N3O3S/c1-10-6-11(16(21)22)9-19(8-10)15(20)13-7-18-14(23-13)12-4-2-3-5-17-12/h2-5,7,10-11H,6,8-9H2,1H3,(H,21,22). The van der Waals surface area contributed by atoms with Crippen molar-refractivity contribution in [2.45, 2.75) is 13.3 Å². The Balaban J connectivity index is 1.78. The molecule has 0 aromatic carbocycles. The summed E-state index contributed by atoms with van der Waals surface area (Å²) in [5.41, 5.74) is 0.729. The van der Waals surface area contributed by atoms with Gasteiger partial charge in [-0.05, 0) is 24.5 Å². The van der Waals surface area contributed by atoms with Crippen molar-refractivity contribution in [3.05, 3.63) is 35.5 Å². The van der Waals surface area contributed by atoms with E-state index >= 15 is 0 Å². The number of thiazole rings is 1. The van der Waals surface area contributed by atoms with Crippen LogP contribution in [0.25, 0.3) is 10.7 Å². The average Bonchev–Trinajstić information content (AvgIpc) is 3.04. The number of carboxylic acid groups (broad SMARTS) is 1. The molecule has 2 aromatic heterocycles. The zero-order chi connectivity index (χ0) is 16.4. The van der Waals surface area contributed by atoms with Gasteiger partial charge in [0.2, 0.25) is 0 Å². The highest BCUT2D eigenvalue weighted by molar-refractivity contribution is 7.16. The van der Waals surface area contributed by atoms with Gasteiger partial charge in [0, 0.05) is 19.3 Å². The maximum Gasteiger partial charge on any atom is 0.308 e. The molecular weight excluding hydrogens is 314 g/mol. The summed E-state index contributed by atoms with van der Waals surface area (Å²) in [5, 5.41) is 9.91. The number of nitrogens with zero attached hydrogens (tertiary/aromatic N) is 3. The van der Waals surface area contributed by atoms with E-state index in [0.717, 1.165) is 5.69 Å². The lowest BCUT2D eigenvalue weighted by Crippen LogP contribution is -2.45. The number of likely N-dealkylation sites (tertiary alicyclic amines) is 1. The van der Waals surface area contributed by atoms with Crippen LogP contribution in [0.1, 0.15) is 23.0 Å². The van der Waals surface area contributed by atoms with Crippen LogP contribution in [0.2, 0.25) is 0 Å². The molecule has 2 aromatic rings. The van der Waals surface area contributed by atoms with Crippen LogP contribution >= 0.6 is 11.3 Å². The van der Waals surface area contributed by atoms with Crippen LogP contribution in [0.3, 0.4) is 0 Å². The maximum atomic E-state index is 12.6. The lowest BCUT2D eigenvalue weighted by atomic mass is 9.90. The Labute approximate surface area is 137 Å². The monoisotopic (exact) mass is 331 g/mol. The van der Waals surface area contributed by atoms with Crippen LogP contribution in [0, 0.1) is 11.8 Å². The summed E-state index contributed by atoms with van der Waals surface area (Å²) in [7, 11) is 0. The Bertz CT molecular complexity index is 716. The molecule has 6 nitrogen and oxygen atoms in total. The van der Waals surface area contributed by atoms with Crippen molar-refractivity contribution in [2.75, 3.05) is 13.1 Å². The largest absolute Gasteiger partial charge is 0.481 e. The van der Waals surface area contributed by atoms with E-state index in [0.29, 0.717) is 22.9 Å². The molecule has 120 valence electrons. The Hall–Kier alpha value is -2.28. The molecule has 7 heteroatoms. The van der Waals surface area contributed by atoms with E-state index in [2.05, 4.69) is 9.97 Å². The molecule has 1 aliphatic rings. The highest BCUT2D eigenvalue weighted by Crippen LogP contribution is 2.27. The van der Waals surface area contributed by atoms with Gasteiger partial charge in [-0.15, -0.1) is 11.3 Å². The van der Waals surface area contributed by atoms with Gasteiger partial charge in [0.25, 0.3) is 5.91 Å². The number of aliphatic carboxylic acids is 1. The third kappa shape index (κ3) is 3.39. The SMILES string of the molecule is CC1CC(C(=O)O)CN(C(=O)c2cnc(-c3ccccn3)s2)C1. The molecule has 1 aliphatic heterocycles. The minimum absolute atomic E-state index is 0.150. The second-order valence-electron chi connectivity index (χ2n) is 5.83. The predicted octanol–water partition coefficient (Wildman–Crippen LogP) is 2.39. The quantitative estimate of drug-likeness (QED) is 0.933. The Morgan fingerprint density at radius 1 is 1.30 bits per heavy atom. The Kier molecular flexibility index (Phi) is 4.38. The van der Waals surface area contributed by atoms with Gasteiger partial charge >= 0.3 is 5.97 Å². The first-order valence-corrected chi connectivity index (χ1v) is 8.25. The first-order chi connectivity index (χ1) is 11.0. The summed E-state index contributed by atoms with van der Waals surface area (Å²) in [6.45, 7) is 2.82.